The van der Waals surface area contributed by atoms with Crippen LogP contribution in [0.2, 0.25) is 0 Å². The lowest BCUT2D eigenvalue weighted by molar-refractivity contribution is 1.30. The van der Waals surface area contributed by atoms with E-state index >= 15 is 0 Å². The third-order valence-electron chi connectivity index (χ3n) is 11.0. The van der Waals surface area contributed by atoms with Crippen LogP contribution in [0.1, 0.15) is 0 Å². The van der Waals surface area contributed by atoms with Crippen LogP contribution in [0.4, 0.5) is 17.1 Å². The minimum absolute atomic E-state index is 1.12. The summed E-state index contributed by atoms with van der Waals surface area (Å²) in [6, 6.07) is 73.5. The van der Waals surface area contributed by atoms with E-state index in [1.165, 1.54) is 85.5 Å². The van der Waals surface area contributed by atoms with Crippen molar-refractivity contribution >= 4 is 91.7 Å². The van der Waals surface area contributed by atoms with Gasteiger partial charge in [0.1, 0.15) is 0 Å². The van der Waals surface area contributed by atoms with Crippen LogP contribution in [-0.2, 0) is 0 Å². The molecule has 0 radical (unpaired) electrons. The molecule has 0 amide bonds. The first-order valence-electron chi connectivity index (χ1n) is 18.5. The van der Waals surface area contributed by atoms with Gasteiger partial charge in [0, 0.05) is 36.9 Å². The summed E-state index contributed by atoms with van der Waals surface area (Å²) in [7, 11) is 0. The smallest absolute Gasteiger partial charge is 0.0540 e. The molecule has 0 atom stereocenters. The van der Waals surface area contributed by atoms with Gasteiger partial charge in [0.05, 0.1) is 5.69 Å². The SMILES string of the molecule is c1ccc(-c2ccc(N(c3ccc4sc5c6ccccc6ccc5c4c3)c3ccc(-c4cc5ccccc5c5ccccc45)c4ccccc34)cc2)cc1. The summed E-state index contributed by atoms with van der Waals surface area (Å²) in [6.07, 6.45) is 0. The highest BCUT2D eigenvalue weighted by atomic mass is 32.1. The lowest BCUT2D eigenvalue weighted by atomic mass is 9.90. The molecular weight excluding hydrogens is 671 g/mol. The van der Waals surface area contributed by atoms with Gasteiger partial charge in [-0.3, -0.25) is 0 Å². The van der Waals surface area contributed by atoms with E-state index in [1.54, 1.807) is 0 Å². The number of thiophene rings is 1. The summed E-state index contributed by atoms with van der Waals surface area (Å²) >= 11 is 1.89. The van der Waals surface area contributed by atoms with E-state index in [9.17, 15) is 0 Å². The van der Waals surface area contributed by atoms with E-state index in [0.717, 1.165) is 17.1 Å². The molecule has 1 heterocycles. The summed E-state index contributed by atoms with van der Waals surface area (Å²) in [4.78, 5) is 2.45. The third kappa shape index (κ3) is 4.92. The molecule has 0 saturated heterocycles. The van der Waals surface area contributed by atoms with Crippen LogP contribution in [0, 0.1) is 0 Å². The van der Waals surface area contributed by atoms with Crippen molar-refractivity contribution in [1.29, 1.82) is 0 Å². The quantitative estimate of drug-likeness (QED) is 0.161. The van der Waals surface area contributed by atoms with Crippen molar-refractivity contribution in [3.8, 4) is 22.3 Å². The molecule has 0 aliphatic rings. The second-order valence-electron chi connectivity index (χ2n) is 14.1. The fraction of sp³-hybridized carbons (Fsp3) is 0. The Morgan fingerprint density at radius 1 is 0.315 bits per heavy atom. The summed E-state index contributed by atoms with van der Waals surface area (Å²) < 4.78 is 2.64. The molecule has 2 heteroatoms. The second kappa shape index (κ2) is 12.4. The molecule has 0 saturated carbocycles. The molecule has 0 fully saturated rings. The number of hydrogen-bond acceptors (Lipinski definition) is 2. The van der Waals surface area contributed by atoms with Crippen LogP contribution in [0.5, 0.6) is 0 Å². The highest BCUT2D eigenvalue weighted by molar-refractivity contribution is 7.26. The molecule has 1 nitrogen and oxygen atoms in total. The van der Waals surface area contributed by atoms with Gasteiger partial charge in [-0.15, -0.1) is 11.3 Å². The van der Waals surface area contributed by atoms with E-state index in [0.29, 0.717) is 0 Å². The largest absolute Gasteiger partial charge is 0.310 e. The Morgan fingerprint density at radius 3 is 1.72 bits per heavy atom. The average Bonchev–Trinajstić information content (AvgIpc) is 3.63. The lowest BCUT2D eigenvalue weighted by Gasteiger charge is -2.28. The number of nitrogens with zero attached hydrogens (tertiary/aromatic N) is 1. The molecule has 11 rings (SSSR count). The maximum absolute atomic E-state index is 2.45. The fourth-order valence-corrected chi connectivity index (χ4v) is 9.70. The van der Waals surface area contributed by atoms with Gasteiger partial charge in [0.2, 0.25) is 0 Å². The lowest BCUT2D eigenvalue weighted by Crippen LogP contribution is -2.10. The van der Waals surface area contributed by atoms with Gasteiger partial charge in [0.25, 0.3) is 0 Å². The number of benzene rings is 10. The van der Waals surface area contributed by atoms with E-state index in [4.69, 9.17) is 0 Å². The second-order valence-corrected chi connectivity index (χ2v) is 15.1. The van der Waals surface area contributed by atoms with Gasteiger partial charge in [-0.25, -0.2) is 0 Å². The molecule has 0 aliphatic carbocycles. The molecule has 0 spiro atoms. The molecule has 0 aliphatic heterocycles. The first kappa shape index (κ1) is 30.8. The number of hydrogen-bond donors (Lipinski definition) is 0. The van der Waals surface area contributed by atoms with Crippen molar-refractivity contribution in [2.24, 2.45) is 0 Å². The van der Waals surface area contributed by atoms with Crippen LogP contribution in [0.3, 0.4) is 0 Å². The Labute approximate surface area is 317 Å². The summed E-state index contributed by atoms with van der Waals surface area (Å²) in [5.41, 5.74) is 8.31. The van der Waals surface area contributed by atoms with E-state index in [-0.39, 0.29) is 0 Å². The molecule has 11 aromatic rings. The monoisotopic (exact) mass is 703 g/mol. The minimum atomic E-state index is 1.12. The highest BCUT2D eigenvalue weighted by Gasteiger charge is 2.20. The summed E-state index contributed by atoms with van der Waals surface area (Å²) in [5.74, 6) is 0. The zero-order valence-corrected chi connectivity index (χ0v) is 30.2. The number of fused-ring (bicyclic) bond motifs is 9. The molecular formula is C52H33NS. The first-order valence-corrected chi connectivity index (χ1v) is 19.3. The van der Waals surface area contributed by atoms with Crippen molar-refractivity contribution in [3.05, 3.63) is 200 Å². The number of anilines is 3. The minimum Gasteiger partial charge on any atom is -0.310 e. The van der Waals surface area contributed by atoms with Crippen molar-refractivity contribution in [2.45, 2.75) is 0 Å². The Hall–Kier alpha value is -6.74. The maximum atomic E-state index is 2.45. The molecule has 54 heavy (non-hydrogen) atoms. The van der Waals surface area contributed by atoms with Gasteiger partial charge in [-0.1, -0.05) is 158 Å². The third-order valence-corrected chi connectivity index (χ3v) is 12.3. The van der Waals surface area contributed by atoms with Gasteiger partial charge in [0.15, 0.2) is 0 Å². The van der Waals surface area contributed by atoms with Gasteiger partial charge >= 0.3 is 0 Å². The molecule has 0 bridgehead atoms. The van der Waals surface area contributed by atoms with Gasteiger partial charge in [-0.2, -0.15) is 0 Å². The van der Waals surface area contributed by atoms with Crippen molar-refractivity contribution in [3.63, 3.8) is 0 Å². The van der Waals surface area contributed by atoms with Crippen LogP contribution in [0.15, 0.2) is 200 Å². The fourth-order valence-electron chi connectivity index (χ4n) is 8.48. The van der Waals surface area contributed by atoms with Crippen molar-refractivity contribution in [1.82, 2.24) is 0 Å². The van der Waals surface area contributed by atoms with Gasteiger partial charge in [-0.05, 0) is 102 Å². The van der Waals surface area contributed by atoms with E-state index < -0.39 is 0 Å². The van der Waals surface area contributed by atoms with Gasteiger partial charge < -0.3 is 4.90 Å². The molecule has 10 aromatic carbocycles. The van der Waals surface area contributed by atoms with Crippen molar-refractivity contribution in [2.75, 3.05) is 4.90 Å². The molecule has 0 N–H and O–H groups in total. The summed E-state index contributed by atoms with van der Waals surface area (Å²) in [6.45, 7) is 0. The van der Waals surface area contributed by atoms with Crippen LogP contribution >= 0.6 is 11.3 Å². The maximum Gasteiger partial charge on any atom is 0.0540 e. The van der Waals surface area contributed by atoms with Crippen LogP contribution in [-0.4, -0.2) is 0 Å². The van der Waals surface area contributed by atoms with Crippen LogP contribution < -0.4 is 4.90 Å². The number of rotatable bonds is 5. The standard InChI is InChI=1S/C52H33NS/c1-2-12-34(13-3-1)35-22-25-38(26-23-35)53(39-27-31-51-49(33-39)47-28-24-36-14-4-7-17-41(36)52(47)54-51)50-30-29-45(43-19-10-11-21-46(43)50)48-32-37-15-5-6-16-40(37)42-18-8-9-20-44(42)48/h1-33H. The first-order chi connectivity index (χ1) is 26.8. The Bertz CT molecular complexity index is 3210. The van der Waals surface area contributed by atoms with Crippen LogP contribution in [0.25, 0.3) is 85.5 Å². The molecule has 0 unspecified atom stereocenters. The molecule has 252 valence electrons. The predicted molar refractivity (Wildman–Crippen MR) is 235 cm³/mol. The average molecular weight is 704 g/mol. The zero-order chi connectivity index (χ0) is 35.6. The van der Waals surface area contributed by atoms with Crippen molar-refractivity contribution < 1.29 is 0 Å². The summed E-state index contributed by atoms with van der Waals surface area (Å²) in [5, 5.41) is 12.7. The topological polar surface area (TPSA) is 3.24 Å². The Balaban J connectivity index is 1.15. The Morgan fingerprint density at radius 2 is 0.926 bits per heavy atom. The Kier molecular flexibility index (Phi) is 7.11. The normalized spacial score (nSPS) is 11.7. The van der Waals surface area contributed by atoms with E-state index in [2.05, 4.69) is 205 Å². The predicted octanol–water partition coefficient (Wildman–Crippen LogP) is 15.5. The highest BCUT2D eigenvalue weighted by Crippen LogP contribution is 2.46. The molecule has 1 aromatic heterocycles. The van der Waals surface area contributed by atoms with E-state index in [1.807, 2.05) is 11.3 Å². The zero-order valence-electron chi connectivity index (χ0n) is 29.4.